The summed E-state index contributed by atoms with van der Waals surface area (Å²) in [5.74, 6) is 0.00928. The van der Waals surface area contributed by atoms with Gasteiger partial charge in [-0.2, -0.15) is 13.2 Å². The summed E-state index contributed by atoms with van der Waals surface area (Å²) in [6.45, 7) is 5.63. The van der Waals surface area contributed by atoms with Crippen LogP contribution in [0.1, 0.15) is 26.3 Å². The van der Waals surface area contributed by atoms with Gasteiger partial charge in [0.05, 0.1) is 17.0 Å². The first-order valence-electron chi connectivity index (χ1n) is 7.25. The minimum atomic E-state index is -4.46. The van der Waals surface area contributed by atoms with Crippen molar-refractivity contribution in [1.29, 1.82) is 0 Å². The second-order valence-corrected chi connectivity index (χ2v) is 8.33. The standard InChI is InChI=1S/C15H17F3N4OS2/c1-14(2,3)20-11(23)8-24-13-22-21-12(25-13)19-10-7-5-4-6-9(10)15(16,17)18/h4-7H,8H2,1-3H3,(H,19,21)(H,20,23). The molecule has 5 nitrogen and oxygen atoms in total. The molecule has 1 aromatic heterocycles. The highest BCUT2D eigenvalue weighted by Crippen LogP contribution is 2.36. The number of nitrogens with one attached hydrogen (secondary N) is 2. The Labute approximate surface area is 151 Å². The quantitative estimate of drug-likeness (QED) is 0.745. The van der Waals surface area contributed by atoms with Crippen LogP contribution in [0.15, 0.2) is 28.6 Å². The number of para-hydroxylation sites is 1. The van der Waals surface area contributed by atoms with E-state index in [1.165, 1.54) is 30.0 Å². The summed E-state index contributed by atoms with van der Waals surface area (Å²) in [5.41, 5.74) is -1.19. The van der Waals surface area contributed by atoms with Crippen LogP contribution >= 0.6 is 23.1 Å². The first kappa shape index (κ1) is 19.5. The highest BCUT2D eigenvalue weighted by atomic mass is 32.2. The smallest absolute Gasteiger partial charge is 0.351 e. The second kappa shape index (κ2) is 7.61. The van der Waals surface area contributed by atoms with Crippen molar-refractivity contribution >= 4 is 39.8 Å². The number of carbonyl (C=O) groups excluding carboxylic acids is 1. The zero-order valence-electron chi connectivity index (χ0n) is 13.8. The summed E-state index contributed by atoms with van der Waals surface area (Å²) in [7, 11) is 0. The number of rotatable bonds is 5. The van der Waals surface area contributed by atoms with Gasteiger partial charge in [0.15, 0.2) is 4.34 Å². The number of anilines is 2. The Morgan fingerprint density at radius 2 is 1.88 bits per heavy atom. The van der Waals surface area contributed by atoms with E-state index in [1.54, 1.807) is 0 Å². The van der Waals surface area contributed by atoms with Crippen LogP contribution < -0.4 is 10.6 Å². The van der Waals surface area contributed by atoms with Gasteiger partial charge in [-0.05, 0) is 32.9 Å². The number of alkyl halides is 3. The number of carbonyl (C=O) groups is 1. The molecular formula is C15H17F3N4OS2. The fraction of sp³-hybridized carbons (Fsp3) is 0.400. The molecule has 1 heterocycles. The number of hydrogen-bond acceptors (Lipinski definition) is 6. The van der Waals surface area contributed by atoms with Crippen LogP contribution in [0.2, 0.25) is 0 Å². The second-order valence-electron chi connectivity index (χ2n) is 6.13. The molecule has 0 radical (unpaired) electrons. The van der Waals surface area contributed by atoms with E-state index < -0.39 is 11.7 Å². The van der Waals surface area contributed by atoms with Gasteiger partial charge in [-0.3, -0.25) is 4.79 Å². The zero-order valence-corrected chi connectivity index (χ0v) is 15.4. The van der Waals surface area contributed by atoms with Crippen molar-refractivity contribution in [2.24, 2.45) is 0 Å². The molecule has 0 unspecified atom stereocenters. The van der Waals surface area contributed by atoms with Crippen molar-refractivity contribution in [1.82, 2.24) is 15.5 Å². The predicted molar refractivity (Wildman–Crippen MR) is 93.3 cm³/mol. The average Bonchev–Trinajstić information content (AvgIpc) is 2.90. The van der Waals surface area contributed by atoms with Crippen LogP contribution in [0, 0.1) is 0 Å². The van der Waals surface area contributed by atoms with Crippen LogP contribution in [0.25, 0.3) is 0 Å². The van der Waals surface area contributed by atoms with Gasteiger partial charge in [0.25, 0.3) is 0 Å². The molecule has 0 aliphatic carbocycles. The third-order valence-corrected chi connectivity index (χ3v) is 4.69. The van der Waals surface area contributed by atoms with Crippen molar-refractivity contribution in [3.8, 4) is 0 Å². The first-order valence-corrected chi connectivity index (χ1v) is 9.05. The number of nitrogens with zero attached hydrogens (tertiary/aromatic N) is 2. The lowest BCUT2D eigenvalue weighted by molar-refractivity contribution is -0.137. The maximum Gasteiger partial charge on any atom is 0.418 e. The molecule has 1 amide bonds. The largest absolute Gasteiger partial charge is 0.418 e. The summed E-state index contributed by atoms with van der Waals surface area (Å²) < 4.78 is 39.4. The lowest BCUT2D eigenvalue weighted by Gasteiger charge is -2.19. The molecular weight excluding hydrogens is 373 g/mol. The fourth-order valence-electron chi connectivity index (χ4n) is 1.85. The van der Waals surface area contributed by atoms with Gasteiger partial charge in [-0.15, -0.1) is 10.2 Å². The van der Waals surface area contributed by atoms with Crippen LogP contribution in [-0.4, -0.2) is 27.4 Å². The van der Waals surface area contributed by atoms with Crippen LogP contribution in [0.5, 0.6) is 0 Å². The molecule has 1 aromatic carbocycles. The number of benzene rings is 1. The molecule has 0 spiro atoms. The summed E-state index contributed by atoms with van der Waals surface area (Å²) in [5, 5.41) is 13.4. The molecule has 10 heteroatoms. The molecule has 2 aromatic rings. The van der Waals surface area contributed by atoms with Crippen LogP contribution in [0.3, 0.4) is 0 Å². The van der Waals surface area contributed by atoms with Gasteiger partial charge in [0, 0.05) is 5.54 Å². The highest BCUT2D eigenvalue weighted by Gasteiger charge is 2.33. The highest BCUT2D eigenvalue weighted by molar-refractivity contribution is 8.01. The molecule has 0 atom stereocenters. The Hall–Kier alpha value is -1.81. The Bertz CT molecular complexity index is 741. The van der Waals surface area contributed by atoms with Crippen LogP contribution in [0.4, 0.5) is 24.0 Å². The summed E-state index contributed by atoms with van der Waals surface area (Å²) in [4.78, 5) is 11.8. The first-order chi connectivity index (χ1) is 11.5. The van der Waals surface area contributed by atoms with E-state index in [-0.39, 0.29) is 28.0 Å². The number of aromatic nitrogens is 2. The molecule has 0 aliphatic heterocycles. The van der Waals surface area contributed by atoms with Crippen molar-refractivity contribution < 1.29 is 18.0 Å². The van der Waals surface area contributed by atoms with Crippen molar-refractivity contribution in [3.05, 3.63) is 29.8 Å². The van der Waals surface area contributed by atoms with Gasteiger partial charge in [-0.1, -0.05) is 35.2 Å². The fourth-order valence-corrected chi connectivity index (χ4v) is 3.42. The SMILES string of the molecule is CC(C)(C)NC(=O)CSc1nnc(Nc2ccccc2C(F)(F)F)s1. The number of thioether (sulfide) groups is 1. The van der Waals surface area contributed by atoms with Gasteiger partial charge in [0.1, 0.15) is 0 Å². The zero-order chi connectivity index (χ0) is 18.7. The van der Waals surface area contributed by atoms with E-state index in [0.29, 0.717) is 4.34 Å². The monoisotopic (exact) mass is 390 g/mol. The molecule has 25 heavy (non-hydrogen) atoms. The maximum atomic E-state index is 13.0. The van der Waals surface area contributed by atoms with E-state index >= 15 is 0 Å². The normalized spacial score (nSPS) is 12.1. The molecule has 0 bridgehead atoms. The van der Waals surface area contributed by atoms with E-state index in [1.807, 2.05) is 20.8 Å². The van der Waals surface area contributed by atoms with Gasteiger partial charge in [-0.25, -0.2) is 0 Å². The Morgan fingerprint density at radius 1 is 1.20 bits per heavy atom. The minimum Gasteiger partial charge on any atom is -0.351 e. The number of hydrogen-bond donors (Lipinski definition) is 2. The van der Waals surface area contributed by atoms with Crippen LogP contribution in [-0.2, 0) is 11.0 Å². The summed E-state index contributed by atoms with van der Waals surface area (Å²) >= 11 is 2.27. The van der Waals surface area contributed by atoms with E-state index in [0.717, 1.165) is 17.4 Å². The van der Waals surface area contributed by atoms with E-state index in [4.69, 9.17) is 0 Å². The third kappa shape index (κ3) is 6.20. The maximum absolute atomic E-state index is 13.0. The van der Waals surface area contributed by atoms with E-state index in [2.05, 4.69) is 20.8 Å². The predicted octanol–water partition coefficient (Wildman–Crippen LogP) is 4.31. The Balaban J connectivity index is 2.00. The minimum absolute atomic E-state index is 0.0897. The number of halogens is 3. The Kier molecular flexibility index (Phi) is 5.94. The van der Waals surface area contributed by atoms with Gasteiger partial charge in [0.2, 0.25) is 11.0 Å². The lowest BCUT2D eigenvalue weighted by atomic mass is 10.1. The van der Waals surface area contributed by atoms with Gasteiger partial charge < -0.3 is 10.6 Å². The van der Waals surface area contributed by atoms with E-state index in [9.17, 15) is 18.0 Å². The molecule has 136 valence electrons. The molecule has 0 saturated heterocycles. The lowest BCUT2D eigenvalue weighted by Crippen LogP contribution is -2.41. The summed E-state index contributed by atoms with van der Waals surface area (Å²) in [6.07, 6.45) is -4.46. The summed E-state index contributed by atoms with van der Waals surface area (Å²) in [6, 6.07) is 5.15. The third-order valence-electron chi connectivity index (χ3n) is 2.72. The topological polar surface area (TPSA) is 66.9 Å². The van der Waals surface area contributed by atoms with Crippen molar-refractivity contribution in [2.75, 3.05) is 11.1 Å². The Morgan fingerprint density at radius 3 is 2.52 bits per heavy atom. The molecule has 0 saturated carbocycles. The molecule has 0 fully saturated rings. The van der Waals surface area contributed by atoms with Crippen molar-refractivity contribution in [3.63, 3.8) is 0 Å². The molecule has 0 aliphatic rings. The molecule has 2 N–H and O–H groups in total. The molecule has 2 rings (SSSR count). The van der Waals surface area contributed by atoms with Gasteiger partial charge >= 0.3 is 6.18 Å². The number of amides is 1. The average molecular weight is 390 g/mol. The van der Waals surface area contributed by atoms with Crippen molar-refractivity contribution in [2.45, 2.75) is 36.8 Å².